The van der Waals surface area contributed by atoms with E-state index in [0.717, 1.165) is 0 Å². The molecule has 0 radical (unpaired) electrons. The first-order valence-electron chi connectivity index (χ1n) is 5.51. The molecule has 0 saturated heterocycles. The number of nitrogens with zero attached hydrogens (tertiary/aromatic N) is 4. The van der Waals surface area contributed by atoms with Crippen LogP contribution in [0.2, 0.25) is 10.2 Å². The highest BCUT2D eigenvalue weighted by atomic mass is 35.5. The summed E-state index contributed by atoms with van der Waals surface area (Å²) in [5, 5.41) is 14.6. The van der Waals surface area contributed by atoms with Crippen molar-refractivity contribution in [2.24, 2.45) is 0 Å². The average Bonchev–Trinajstić information content (AvgIpc) is 2.44. The fraction of sp³-hybridized carbons (Fsp3) is 0. The summed E-state index contributed by atoms with van der Waals surface area (Å²) >= 11 is 11.6. The molecule has 3 rings (SSSR count). The van der Waals surface area contributed by atoms with Crippen LogP contribution in [0.4, 0.5) is 15.9 Å². The van der Waals surface area contributed by atoms with Crippen LogP contribution in [0.15, 0.2) is 30.3 Å². The molecule has 3 aromatic rings. The number of hydrogen-bond acceptors (Lipinski definition) is 5. The van der Waals surface area contributed by atoms with Gasteiger partial charge in [0.1, 0.15) is 22.0 Å². The number of fused-ring (bicyclic) bond motifs is 1. The van der Waals surface area contributed by atoms with Crippen molar-refractivity contribution in [3.05, 3.63) is 46.3 Å². The topological polar surface area (TPSA) is 63.6 Å². The van der Waals surface area contributed by atoms with Crippen LogP contribution in [-0.4, -0.2) is 20.4 Å². The molecule has 0 bridgehead atoms. The fourth-order valence-electron chi connectivity index (χ4n) is 1.64. The van der Waals surface area contributed by atoms with Crippen LogP contribution in [0.3, 0.4) is 0 Å². The van der Waals surface area contributed by atoms with E-state index in [1.807, 2.05) is 0 Å². The number of anilines is 2. The third-order valence-electron chi connectivity index (χ3n) is 2.54. The van der Waals surface area contributed by atoms with Crippen molar-refractivity contribution >= 4 is 45.7 Å². The summed E-state index contributed by atoms with van der Waals surface area (Å²) in [7, 11) is 0. The Morgan fingerprint density at radius 3 is 2.70 bits per heavy atom. The lowest BCUT2D eigenvalue weighted by Gasteiger charge is -2.07. The minimum atomic E-state index is -0.496. The molecule has 5 nitrogen and oxygen atoms in total. The van der Waals surface area contributed by atoms with Crippen LogP contribution in [0, 0.1) is 5.82 Å². The van der Waals surface area contributed by atoms with E-state index >= 15 is 0 Å². The zero-order chi connectivity index (χ0) is 14.1. The van der Waals surface area contributed by atoms with Crippen molar-refractivity contribution < 1.29 is 4.39 Å². The van der Waals surface area contributed by atoms with Crippen molar-refractivity contribution in [2.75, 3.05) is 5.32 Å². The maximum Gasteiger partial charge on any atom is 0.183 e. The minimum absolute atomic E-state index is 0.00677. The highest BCUT2D eigenvalue weighted by Crippen LogP contribution is 2.25. The fourth-order valence-corrected chi connectivity index (χ4v) is 1.97. The molecule has 0 fully saturated rings. The Kier molecular flexibility index (Phi) is 3.33. The molecule has 1 aromatic carbocycles. The predicted octanol–water partition coefficient (Wildman–Crippen LogP) is 3.61. The number of hydrogen-bond donors (Lipinski definition) is 1. The lowest BCUT2D eigenvalue weighted by Crippen LogP contribution is -2.00. The van der Waals surface area contributed by atoms with E-state index in [1.165, 1.54) is 18.2 Å². The smallest absolute Gasteiger partial charge is 0.183 e. The van der Waals surface area contributed by atoms with Gasteiger partial charge >= 0.3 is 0 Å². The van der Waals surface area contributed by atoms with Gasteiger partial charge in [-0.2, -0.15) is 0 Å². The molecule has 1 N–H and O–H groups in total. The van der Waals surface area contributed by atoms with Crippen molar-refractivity contribution in [1.82, 2.24) is 20.4 Å². The first-order valence-corrected chi connectivity index (χ1v) is 6.27. The van der Waals surface area contributed by atoms with E-state index in [9.17, 15) is 4.39 Å². The molecule has 0 saturated carbocycles. The van der Waals surface area contributed by atoms with Gasteiger partial charge in [0, 0.05) is 5.69 Å². The van der Waals surface area contributed by atoms with Crippen LogP contribution >= 0.6 is 23.2 Å². The molecule has 0 amide bonds. The summed E-state index contributed by atoms with van der Waals surface area (Å²) in [5.74, 6) is -0.135. The van der Waals surface area contributed by atoms with Gasteiger partial charge in [-0.25, -0.2) is 9.37 Å². The van der Waals surface area contributed by atoms with Gasteiger partial charge in [0.2, 0.25) is 0 Å². The van der Waals surface area contributed by atoms with Crippen molar-refractivity contribution in [3.8, 4) is 0 Å². The van der Waals surface area contributed by atoms with E-state index in [-0.39, 0.29) is 5.02 Å². The van der Waals surface area contributed by atoms with Gasteiger partial charge in [0.25, 0.3) is 0 Å². The Morgan fingerprint density at radius 1 is 1.05 bits per heavy atom. The summed E-state index contributed by atoms with van der Waals surface area (Å²) < 4.78 is 13.1. The maximum atomic E-state index is 13.1. The third-order valence-corrected chi connectivity index (χ3v) is 3.04. The van der Waals surface area contributed by atoms with Crippen LogP contribution in [-0.2, 0) is 0 Å². The van der Waals surface area contributed by atoms with Gasteiger partial charge in [-0.3, -0.25) is 0 Å². The lowest BCUT2D eigenvalue weighted by molar-refractivity contribution is 0.628. The van der Waals surface area contributed by atoms with Crippen molar-refractivity contribution in [3.63, 3.8) is 0 Å². The van der Waals surface area contributed by atoms with Gasteiger partial charge in [-0.1, -0.05) is 23.2 Å². The summed E-state index contributed by atoms with van der Waals surface area (Å²) in [6.45, 7) is 0. The third kappa shape index (κ3) is 2.48. The van der Waals surface area contributed by atoms with E-state index in [1.54, 1.807) is 12.1 Å². The Bertz CT molecular complexity index is 796. The molecule has 20 heavy (non-hydrogen) atoms. The maximum absolute atomic E-state index is 13.1. The predicted molar refractivity (Wildman–Crippen MR) is 74.8 cm³/mol. The minimum Gasteiger partial charge on any atom is -0.337 e. The number of benzene rings is 1. The largest absolute Gasteiger partial charge is 0.337 e. The van der Waals surface area contributed by atoms with Gasteiger partial charge in [0.15, 0.2) is 5.82 Å². The molecule has 0 aliphatic rings. The highest BCUT2D eigenvalue weighted by Gasteiger charge is 2.08. The first-order chi connectivity index (χ1) is 9.63. The van der Waals surface area contributed by atoms with Gasteiger partial charge in [-0.05, 0) is 35.5 Å². The number of pyridine rings is 1. The van der Waals surface area contributed by atoms with E-state index in [2.05, 4.69) is 25.7 Å². The lowest BCUT2D eigenvalue weighted by atomic mass is 10.3. The van der Waals surface area contributed by atoms with E-state index in [4.69, 9.17) is 23.2 Å². The zero-order valence-corrected chi connectivity index (χ0v) is 11.3. The van der Waals surface area contributed by atoms with Crippen LogP contribution < -0.4 is 5.32 Å². The molecule has 2 aromatic heterocycles. The number of rotatable bonds is 2. The van der Waals surface area contributed by atoms with Crippen LogP contribution in [0.5, 0.6) is 0 Å². The number of aromatic nitrogens is 4. The molecule has 0 spiro atoms. The molecule has 0 atom stereocenters. The first kappa shape index (κ1) is 13.0. The van der Waals surface area contributed by atoms with Crippen LogP contribution in [0.1, 0.15) is 0 Å². The average molecular weight is 310 g/mol. The normalized spacial score (nSPS) is 10.8. The van der Waals surface area contributed by atoms with Gasteiger partial charge in [0.05, 0.1) is 5.02 Å². The second-order valence-corrected chi connectivity index (χ2v) is 4.69. The number of halogens is 3. The van der Waals surface area contributed by atoms with Crippen LogP contribution in [0.25, 0.3) is 11.0 Å². The molecule has 0 aliphatic heterocycles. The molecule has 2 heterocycles. The SMILES string of the molecule is Fc1ccc(Nc2nnnc3ccc(Cl)nc23)cc1Cl. The highest BCUT2D eigenvalue weighted by molar-refractivity contribution is 6.31. The van der Waals surface area contributed by atoms with Gasteiger partial charge in [-0.15, -0.1) is 10.2 Å². The molecule has 0 unspecified atom stereocenters. The zero-order valence-electron chi connectivity index (χ0n) is 9.81. The summed E-state index contributed by atoms with van der Waals surface area (Å²) in [4.78, 5) is 4.14. The molecule has 8 heteroatoms. The molecular weight excluding hydrogens is 304 g/mol. The molecule has 0 aliphatic carbocycles. The Hall–Kier alpha value is -2.05. The Morgan fingerprint density at radius 2 is 1.90 bits per heavy atom. The Labute approximate surface area is 122 Å². The quantitative estimate of drug-likeness (QED) is 0.733. The van der Waals surface area contributed by atoms with E-state index < -0.39 is 5.82 Å². The second-order valence-electron chi connectivity index (χ2n) is 3.89. The standard InChI is InChI=1S/C12H6Cl2FN5/c13-7-5-6(1-2-8(7)15)16-12-11-9(18-20-19-12)3-4-10(14)17-11/h1-5H,(H,16,18,19). The summed E-state index contributed by atoms with van der Waals surface area (Å²) in [5.41, 5.74) is 1.56. The molecular formula is C12H6Cl2FN5. The van der Waals surface area contributed by atoms with Crippen molar-refractivity contribution in [2.45, 2.75) is 0 Å². The summed E-state index contributed by atoms with van der Waals surface area (Å²) in [6, 6.07) is 7.51. The number of nitrogens with one attached hydrogen (secondary N) is 1. The Balaban J connectivity index is 2.05. The monoisotopic (exact) mass is 309 g/mol. The molecule has 100 valence electrons. The van der Waals surface area contributed by atoms with E-state index in [0.29, 0.717) is 27.7 Å². The van der Waals surface area contributed by atoms with Gasteiger partial charge < -0.3 is 5.32 Å². The summed E-state index contributed by atoms with van der Waals surface area (Å²) in [6.07, 6.45) is 0. The van der Waals surface area contributed by atoms with Crippen molar-refractivity contribution in [1.29, 1.82) is 0 Å². The second kappa shape index (κ2) is 5.15.